The van der Waals surface area contributed by atoms with E-state index in [1.807, 2.05) is 0 Å². The quantitative estimate of drug-likeness (QED) is 0.583. The lowest BCUT2D eigenvalue weighted by Gasteiger charge is -2.15. The molecule has 3 unspecified atom stereocenters. The van der Waals surface area contributed by atoms with Crippen LogP contribution in [0.15, 0.2) is 0 Å². The van der Waals surface area contributed by atoms with Gasteiger partial charge in [-0.1, -0.05) is 27.7 Å². The minimum absolute atomic E-state index is 0.0423. The monoisotopic (exact) mass is 302 g/mol. The van der Waals surface area contributed by atoms with Gasteiger partial charge in [-0.05, 0) is 6.42 Å². The largest absolute Gasteiger partial charge is 0.469 e. The van der Waals surface area contributed by atoms with Crippen LogP contribution < -0.4 is 0 Å². The summed E-state index contributed by atoms with van der Waals surface area (Å²) in [5.41, 5.74) is 0.136. The van der Waals surface area contributed by atoms with Gasteiger partial charge in [0.05, 0.1) is 39.1 Å². The first-order valence-corrected chi connectivity index (χ1v) is 7.02. The molecule has 0 spiro atoms. The molecule has 6 nitrogen and oxygen atoms in total. The van der Waals surface area contributed by atoms with Crippen molar-refractivity contribution in [2.45, 2.75) is 40.5 Å². The van der Waals surface area contributed by atoms with Crippen LogP contribution >= 0.6 is 0 Å². The molecule has 0 radical (unpaired) electrons. The topological polar surface area (TPSA) is 78.9 Å². The van der Waals surface area contributed by atoms with Crippen molar-refractivity contribution < 1.29 is 28.6 Å². The molecule has 0 N–H and O–H groups in total. The van der Waals surface area contributed by atoms with E-state index in [9.17, 15) is 14.4 Å². The van der Waals surface area contributed by atoms with E-state index >= 15 is 0 Å². The van der Waals surface area contributed by atoms with Gasteiger partial charge in [-0.3, -0.25) is 14.4 Å². The summed E-state index contributed by atoms with van der Waals surface area (Å²) in [6, 6.07) is 0. The Morgan fingerprint density at radius 3 is 1.81 bits per heavy atom. The Morgan fingerprint density at radius 1 is 1.19 bits per heavy atom. The molecule has 6 heteroatoms. The van der Waals surface area contributed by atoms with Crippen LogP contribution in [0.2, 0.25) is 0 Å². The second-order valence-corrected chi connectivity index (χ2v) is 5.63. The van der Waals surface area contributed by atoms with Crippen molar-refractivity contribution in [1.82, 2.24) is 0 Å². The SMILES string of the molecule is CCC1(C)COC(=O)C1.COC(=O)C(C)C(C)C(=O)OC. The summed E-state index contributed by atoms with van der Waals surface area (Å²) in [6.45, 7) is 8.04. The van der Waals surface area contributed by atoms with E-state index in [1.165, 1.54) is 14.2 Å². The summed E-state index contributed by atoms with van der Waals surface area (Å²) in [7, 11) is 2.59. The van der Waals surface area contributed by atoms with E-state index in [-0.39, 0.29) is 11.4 Å². The molecule has 1 heterocycles. The Hall–Kier alpha value is -1.59. The number of rotatable bonds is 4. The minimum atomic E-state index is -0.456. The number of ether oxygens (including phenoxy) is 3. The van der Waals surface area contributed by atoms with Crippen LogP contribution in [0, 0.1) is 17.3 Å². The molecule has 0 aromatic rings. The van der Waals surface area contributed by atoms with E-state index in [0.29, 0.717) is 13.0 Å². The highest BCUT2D eigenvalue weighted by molar-refractivity contribution is 5.81. The number of carbonyl (C=O) groups excluding carboxylic acids is 3. The predicted octanol–water partition coefficient (Wildman–Crippen LogP) is 1.95. The molecule has 0 aromatic carbocycles. The van der Waals surface area contributed by atoms with Crippen LogP contribution in [0.25, 0.3) is 0 Å². The molecule has 1 aliphatic heterocycles. The van der Waals surface area contributed by atoms with Crippen molar-refractivity contribution >= 4 is 17.9 Å². The minimum Gasteiger partial charge on any atom is -0.469 e. The van der Waals surface area contributed by atoms with Crippen LogP contribution in [0.1, 0.15) is 40.5 Å². The molecule has 0 amide bonds. The summed E-state index contributed by atoms with van der Waals surface area (Å²) in [5, 5.41) is 0. The van der Waals surface area contributed by atoms with Gasteiger partial charge in [-0.2, -0.15) is 0 Å². The third-order valence-corrected chi connectivity index (χ3v) is 3.90. The van der Waals surface area contributed by atoms with Crippen LogP contribution in [0.3, 0.4) is 0 Å². The average Bonchev–Trinajstić information content (AvgIpc) is 2.84. The van der Waals surface area contributed by atoms with Gasteiger partial charge in [0.25, 0.3) is 0 Å². The zero-order valence-corrected chi connectivity index (χ0v) is 13.7. The Bertz CT molecular complexity index is 358. The van der Waals surface area contributed by atoms with E-state index in [2.05, 4.69) is 23.3 Å². The predicted molar refractivity (Wildman–Crippen MR) is 76.3 cm³/mol. The summed E-state index contributed by atoms with van der Waals surface area (Å²) in [6.07, 6.45) is 1.63. The summed E-state index contributed by atoms with van der Waals surface area (Å²) < 4.78 is 13.8. The third kappa shape index (κ3) is 6.14. The fraction of sp³-hybridized carbons (Fsp3) is 0.800. The first kappa shape index (κ1) is 19.4. The van der Waals surface area contributed by atoms with E-state index < -0.39 is 23.8 Å². The highest BCUT2D eigenvalue weighted by Gasteiger charge is 2.33. The third-order valence-electron chi connectivity index (χ3n) is 3.90. The lowest BCUT2D eigenvalue weighted by atomic mass is 9.87. The second-order valence-electron chi connectivity index (χ2n) is 5.63. The molecule has 0 aliphatic carbocycles. The highest BCUT2D eigenvalue weighted by Crippen LogP contribution is 2.31. The normalized spacial score (nSPS) is 23.2. The lowest BCUT2D eigenvalue weighted by molar-refractivity contribution is -0.156. The molecule has 0 aromatic heterocycles. The van der Waals surface area contributed by atoms with Crippen LogP contribution in [0.5, 0.6) is 0 Å². The zero-order valence-electron chi connectivity index (χ0n) is 13.7. The number of hydrogen-bond donors (Lipinski definition) is 0. The van der Waals surface area contributed by atoms with E-state index in [0.717, 1.165) is 6.42 Å². The maximum Gasteiger partial charge on any atom is 0.309 e. The van der Waals surface area contributed by atoms with Gasteiger partial charge in [0.2, 0.25) is 0 Å². The number of esters is 3. The summed E-state index contributed by atoms with van der Waals surface area (Å²) in [5.74, 6) is -1.75. The zero-order chi connectivity index (χ0) is 16.6. The van der Waals surface area contributed by atoms with Crippen molar-refractivity contribution in [2.24, 2.45) is 17.3 Å². The second kappa shape index (κ2) is 8.64. The Morgan fingerprint density at radius 2 is 1.62 bits per heavy atom. The summed E-state index contributed by atoms with van der Waals surface area (Å²) in [4.78, 5) is 32.5. The highest BCUT2D eigenvalue weighted by atomic mass is 16.5. The average molecular weight is 302 g/mol. The number of carbonyl (C=O) groups is 3. The maximum atomic E-state index is 10.9. The maximum absolute atomic E-state index is 10.9. The van der Waals surface area contributed by atoms with Gasteiger partial charge >= 0.3 is 17.9 Å². The van der Waals surface area contributed by atoms with E-state index in [1.54, 1.807) is 13.8 Å². The molecule has 1 rings (SSSR count). The van der Waals surface area contributed by atoms with Crippen LogP contribution in [0.4, 0.5) is 0 Å². The standard InChI is InChI=1S/C8H14O4.C7H12O2/c1-5(7(9)11-3)6(2)8(10)12-4;1-3-7(2)4-6(8)9-5-7/h5-6H,1-4H3;3-5H2,1-2H3. The van der Waals surface area contributed by atoms with Gasteiger partial charge in [0, 0.05) is 5.41 Å². The molecule has 122 valence electrons. The van der Waals surface area contributed by atoms with Gasteiger partial charge < -0.3 is 14.2 Å². The van der Waals surface area contributed by atoms with Crippen LogP contribution in [-0.4, -0.2) is 38.7 Å². The number of hydrogen-bond acceptors (Lipinski definition) is 6. The molecule has 21 heavy (non-hydrogen) atoms. The molecule has 0 bridgehead atoms. The molecule has 1 saturated heterocycles. The first-order valence-electron chi connectivity index (χ1n) is 7.02. The van der Waals surface area contributed by atoms with Crippen molar-refractivity contribution in [1.29, 1.82) is 0 Å². The van der Waals surface area contributed by atoms with Gasteiger partial charge in [-0.15, -0.1) is 0 Å². The van der Waals surface area contributed by atoms with Gasteiger partial charge in [0.15, 0.2) is 0 Å². The smallest absolute Gasteiger partial charge is 0.309 e. The van der Waals surface area contributed by atoms with Gasteiger partial charge in [-0.25, -0.2) is 0 Å². The van der Waals surface area contributed by atoms with Crippen LogP contribution in [-0.2, 0) is 28.6 Å². The van der Waals surface area contributed by atoms with E-state index in [4.69, 9.17) is 4.74 Å². The molecule has 3 atom stereocenters. The fourth-order valence-corrected chi connectivity index (χ4v) is 1.71. The number of cyclic esters (lactones) is 1. The van der Waals surface area contributed by atoms with Crippen molar-refractivity contribution in [3.05, 3.63) is 0 Å². The van der Waals surface area contributed by atoms with Crippen molar-refractivity contribution in [3.8, 4) is 0 Å². The molecule has 1 fully saturated rings. The molecule has 0 saturated carbocycles. The Balaban J connectivity index is 0.000000394. The van der Waals surface area contributed by atoms with Crippen molar-refractivity contribution in [3.63, 3.8) is 0 Å². The fourth-order valence-electron chi connectivity index (χ4n) is 1.71. The summed E-state index contributed by atoms with van der Waals surface area (Å²) >= 11 is 0. The van der Waals surface area contributed by atoms with Gasteiger partial charge in [0.1, 0.15) is 0 Å². The Labute approximate surface area is 126 Å². The molecular formula is C15H26O6. The van der Waals surface area contributed by atoms with Crippen molar-refractivity contribution in [2.75, 3.05) is 20.8 Å². The molecule has 1 aliphatic rings. The number of methoxy groups -OCH3 is 2. The lowest BCUT2D eigenvalue weighted by Crippen LogP contribution is -2.27. The Kier molecular flexibility index (Phi) is 7.99. The molecular weight excluding hydrogens is 276 g/mol. The first-order chi connectivity index (χ1) is 9.70.